The summed E-state index contributed by atoms with van der Waals surface area (Å²) in [5.41, 5.74) is 12.9. The smallest absolute Gasteiger partial charge is 0.486 e. The van der Waals surface area contributed by atoms with Gasteiger partial charge in [0.2, 0.25) is 0 Å². The van der Waals surface area contributed by atoms with Crippen LogP contribution in [0.5, 0.6) is 11.5 Å². The molecule has 0 saturated carbocycles. The molecule has 1 unspecified atom stereocenters. The van der Waals surface area contributed by atoms with Gasteiger partial charge in [0.25, 0.3) is 5.91 Å². The molecule has 14 heteroatoms. The van der Waals surface area contributed by atoms with Crippen LogP contribution < -0.4 is 31.4 Å². The number of benzene rings is 2. The molecule has 3 rings (SSSR count). The zero-order valence-corrected chi connectivity index (χ0v) is 22.1. The van der Waals surface area contributed by atoms with Crippen LogP contribution in [0.25, 0.3) is 0 Å². The number of carbonyl (C=O) groups is 2. The number of carbonyl (C=O) groups excluding carboxylic acids is 1. The summed E-state index contributed by atoms with van der Waals surface area (Å²) in [6.07, 6.45) is -0.206. The molecule has 1 heterocycles. The van der Waals surface area contributed by atoms with Crippen molar-refractivity contribution in [3.63, 3.8) is 0 Å². The molecule has 0 aliphatic carbocycles. The zero-order valence-electron chi connectivity index (χ0n) is 22.1. The maximum atomic E-state index is 13.3. The molecule has 7 N–H and O–H groups in total. The number of aromatic nitrogens is 1. The SMILES string of the molecule is C=CCOc1ccc(C(Nc2ccc(C(=N)N)cc2)C(=O)NNc2ccccn2)cc1OCC=C.O=C(O)C(F)(F)F. The average Bonchev–Trinajstić information content (AvgIpc) is 2.97. The van der Waals surface area contributed by atoms with Crippen molar-refractivity contribution in [2.24, 2.45) is 5.73 Å². The molecule has 42 heavy (non-hydrogen) atoms. The quantitative estimate of drug-likeness (QED) is 0.0734. The van der Waals surface area contributed by atoms with E-state index in [0.717, 1.165) is 0 Å². The predicted octanol–water partition coefficient (Wildman–Crippen LogP) is 4.43. The van der Waals surface area contributed by atoms with Crippen LogP contribution >= 0.6 is 0 Å². The average molecular weight is 587 g/mol. The number of amides is 1. The van der Waals surface area contributed by atoms with Crippen molar-refractivity contribution < 1.29 is 37.3 Å². The first-order valence-electron chi connectivity index (χ1n) is 12.1. The lowest BCUT2D eigenvalue weighted by atomic mass is 10.0. The number of alkyl halides is 3. The van der Waals surface area contributed by atoms with Crippen LogP contribution in [0.2, 0.25) is 0 Å². The van der Waals surface area contributed by atoms with Gasteiger partial charge in [-0.1, -0.05) is 37.4 Å². The van der Waals surface area contributed by atoms with Crippen LogP contribution in [0.4, 0.5) is 24.7 Å². The largest absolute Gasteiger partial charge is 0.490 e. The Labute approximate surface area is 239 Å². The number of hydrogen-bond acceptors (Lipinski definition) is 8. The maximum Gasteiger partial charge on any atom is 0.490 e. The Kier molecular flexibility index (Phi) is 12.4. The van der Waals surface area contributed by atoms with Gasteiger partial charge in [-0.05, 0) is 54.1 Å². The van der Waals surface area contributed by atoms with Gasteiger partial charge < -0.3 is 25.6 Å². The molecule has 0 fully saturated rings. The number of hydrogen-bond donors (Lipinski definition) is 6. The summed E-state index contributed by atoms with van der Waals surface area (Å²) in [5.74, 6) is -1.67. The summed E-state index contributed by atoms with van der Waals surface area (Å²) in [6.45, 7) is 7.93. The molecule has 1 atom stereocenters. The molecule has 2 aromatic carbocycles. The standard InChI is InChI=1S/C26H28N6O3.C2HF3O2/c1-3-15-34-21-13-10-19(17-22(21)35-16-4-2)24(26(33)32-31-23-7-5-6-14-29-23)30-20-11-8-18(9-12-20)25(27)28;3-2(4,5)1(6)7/h3-14,17,24,30H,1-2,15-16H2,(H3,27,28)(H,29,31)(H,32,33);(H,6,7). The van der Waals surface area contributed by atoms with Crippen molar-refractivity contribution in [2.45, 2.75) is 12.2 Å². The van der Waals surface area contributed by atoms with Crippen molar-refractivity contribution in [3.05, 3.63) is 103 Å². The van der Waals surface area contributed by atoms with Crippen LogP contribution in [0.3, 0.4) is 0 Å². The highest BCUT2D eigenvalue weighted by atomic mass is 19.4. The van der Waals surface area contributed by atoms with E-state index in [1.54, 1.807) is 79.0 Å². The first-order chi connectivity index (χ1) is 20.0. The molecule has 222 valence electrons. The number of nitrogens with one attached hydrogen (secondary N) is 4. The lowest BCUT2D eigenvalue weighted by molar-refractivity contribution is -0.192. The highest BCUT2D eigenvalue weighted by molar-refractivity contribution is 5.95. The summed E-state index contributed by atoms with van der Waals surface area (Å²) in [4.78, 5) is 26.3. The Balaban J connectivity index is 0.000000782. The number of carboxylic acids is 1. The molecule has 1 aromatic heterocycles. The molecule has 0 radical (unpaired) electrons. The third-order valence-electron chi connectivity index (χ3n) is 5.00. The topological polar surface area (TPSA) is 172 Å². The highest BCUT2D eigenvalue weighted by Gasteiger charge is 2.38. The molecule has 0 bridgehead atoms. The molecule has 0 spiro atoms. The van der Waals surface area contributed by atoms with Gasteiger partial charge in [-0.25, -0.2) is 9.78 Å². The van der Waals surface area contributed by atoms with Crippen LogP contribution in [0.15, 0.2) is 92.2 Å². The van der Waals surface area contributed by atoms with Crippen LogP contribution in [-0.2, 0) is 9.59 Å². The summed E-state index contributed by atoms with van der Waals surface area (Å²) < 4.78 is 43.2. The predicted molar refractivity (Wildman–Crippen MR) is 151 cm³/mol. The number of amidine groups is 1. The Morgan fingerprint density at radius 3 is 2.17 bits per heavy atom. The van der Waals surface area contributed by atoms with Crippen molar-refractivity contribution in [1.82, 2.24) is 10.4 Å². The number of nitrogen functional groups attached to an aromatic ring is 1. The van der Waals surface area contributed by atoms with E-state index >= 15 is 0 Å². The fraction of sp³-hybridized carbons (Fsp3) is 0.143. The number of rotatable bonds is 13. The van der Waals surface area contributed by atoms with E-state index < -0.39 is 18.2 Å². The molecule has 0 saturated heterocycles. The lowest BCUT2D eigenvalue weighted by Gasteiger charge is -2.22. The van der Waals surface area contributed by atoms with E-state index in [-0.39, 0.29) is 18.3 Å². The Morgan fingerprint density at radius 2 is 1.64 bits per heavy atom. The number of ether oxygens (including phenoxy) is 2. The molecule has 3 aromatic rings. The van der Waals surface area contributed by atoms with Crippen molar-refractivity contribution >= 4 is 29.2 Å². The Morgan fingerprint density at radius 1 is 1.02 bits per heavy atom. The monoisotopic (exact) mass is 586 g/mol. The fourth-order valence-electron chi connectivity index (χ4n) is 3.08. The zero-order chi connectivity index (χ0) is 31.1. The number of nitrogens with zero attached hydrogens (tertiary/aromatic N) is 1. The molecule has 0 aliphatic heterocycles. The van der Waals surface area contributed by atoms with Gasteiger partial charge in [-0.15, -0.1) is 0 Å². The normalized spacial score (nSPS) is 11.0. The molecular weight excluding hydrogens is 557 g/mol. The second kappa shape index (κ2) is 15.9. The fourth-order valence-corrected chi connectivity index (χ4v) is 3.08. The minimum absolute atomic E-state index is 0.0375. The van der Waals surface area contributed by atoms with Crippen LogP contribution in [0, 0.1) is 5.41 Å². The molecule has 11 nitrogen and oxygen atoms in total. The second-order valence-corrected chi connectivity index (χ2v) is 8.11. The van der Waals surface area contributed by atoms with Gasteiger partial charge in [0.15, 0.2) is 11.5 Å². The van der Waals surface area contributed by atoms with E-state index in [1.165, 1.54) is 0 Å². The van der Waals surface area contributed by atoms with Gasteiger partial charge >= 0.3 is 12.1 Å². The van der Waals surface area contributed by atoms with E-state index in [1.807, 2.05) is 0 Å². The van der Waals surface area contributed by atoms with Gasteiger partial charge in [-0.2, -0.15) is 13.2 Å². The molecule has 0 aliphatic rings. The van der Waals surface area contributed by atoms with E-state index in [2.05, 4.69) is 34.3 Å². The van der Waals surface area contributed by atoms with Gasteiger partial charge in [0.1, 0.15) is 30.9 Å². The van der Waals surface area contributed by atoms with Gasteiger partial charge in [-0.3, -0.25) is 21.1 Å². The van der Waals surface area contributed by atoms with E-state index in [4.69, 9.17) is 30.5 Å². The minimum Gasteiger partial charge on any atom is -0.486 e. The minimum atomic E-state index is -5.08. The third kappa shape index (κ3) is 10.6. The number of aliphatic carboxylic acids is 1. The Bertz CT molecular complexity index is 1370. The molecule has 1 amide bonds. The number of nitrogens with two attached hydrogens (primary N) is 1. The summed E-state index contributed by atoms with van der Waals surface area (Å²) >= 11 is 0. The first kappa shape index (κ1) is 32.7. The Hall–Kier alpha value is -5.53. The number of anilines is 2. The van der Waals surface area contributed by atoms with Crippen molar-refractivity contribution in [1.29, 1.82) is 5.41 Å². The number of halogens is 3. The van der Waals surface area contributed by atoms with Gasteiger partial charge in [0, 0.05) is 17.4 Å². The maximum absolute atomic E-state index is 13.3. The number of pyridine rings is 1. The van der Waals surface area contributed by atoms with Crippen molar-refractivity contribution in [3.8, 4) is 11.5 Å². The summed E-state index contributed by atoms with van der Waals surface area (Å²) in [5, 5.41) is 17.9. The lowest BCUT2D eigenvalue weighted by Crippen LogP contribution is -2.37. The van der Waals surface area contributed by atoms with E-state index in [9.17, 15) is 18.0 Å². The summed E-state index contributed by atoms with van der Waals surface area (Å²) in [7, 11) is 0. The van der Waals surface area contributed by atoms with Gasteiger partial charge in [0.05, 0.1) is 0 Å². The van der Waals surface area contributed by atoms with Crippen LogP contribution in [-0.4, -0.2) is 47.2 Å². The van der Waals surface area contributed by atoms with Crippen molar-refractivity contribution in [2.75, 3.05) is 24.0 Å². The van der Waals surface area contributed by atoms with E-state index in [0.29, 0.717) is 40.7 Å². The molecular formula is C28H29F3N6O5. The summed E-state index contributed by atoms with van der Waals surface area (Å²) in [6, 6.07) is 16.7. The third-order valence-corrected chi connectivity index (χ3v) is 5.00. The first-order valence-corrected chi connectivity index (χ1v) is 12.1. The number of hydrazine groups is 1. The second-order valence-electron chi connectivity index (χ2n) is 8.11. The van der Waals surface area contributed by atoms with Crippen LogP contribution in [0.1, 0.15) is 17.2 Å². The number of carboxylic acid groups (broad SMARTS) is 1. The highest BCUT2D eigenvalue weighted by Crippen LogP contribution is 2.32.